The summed E-state index contributed by atoms with van der Waals surface area (Å²) in [5.74, 6) is 0.0464. The normalized spacial score (nSPS) is 25.3. The fraction of sp³-hybridized carbons (Fsp3) is 0.600. The summed E-state index contributed by atoms with van der Waals surface area (Å²) in [6.45, 7) is 6.45. The number of piperazine rings is 1. The van der Waals surface area contributed by atoms with Gasteiger partial charge in [0.25, 0.3) is 0 Å². The lowest BCUT2D eigenvalue weighted by atomic mass is 9.99. The van der Waals surface area contributed by atoms with Gasteiger partial charge in [0.15, 0.2) is 0 Å². The van der Waals surface area contributed by atoms with Gasteiger partial charge in [0, 0.05) is 39.7 Å². The Morgan fingerprint density at radius 2 is 1.88 bits per heavy atom. The molecule has 0 radical (unpaired) electrons. The Morgan fingerprint density at radius 1 is 1.19 bits per heavy atom. The average molecular weight is 359 g/mol. The van der Waals surface area contributed by atoms with Crippen LogP contribution in [0.2, 0.25) is 0 Å². The van der Waals surface area contributed by atoms with Gasteiger partial charge < -0.3 is 19.4 Å². The molecule has 26 heavy (non-hydrogen) atoms. The number of nitrogens with zero attached hydrogens (tertiary/aromatic N) is 3. The summed E-state index contributed by atoms with van der Waals surface area (Å²) in [5, 5.41) is 0. The molecule has 2 aliphatic rings. The number of rotatable bonds is 5. The number of amides is 3. The Balaban J connectivity index is 1.87. The first-order chi connectivity index (χ1) is 12.6. The van der Waals surface area contributed by atoms with Gasteiger partial charge in [-0.25, -0.2) is 4.79 Å². The zero-order chi connectivity index (χ0) is 18.7. The van der Waals surface area contributed by atoms with Crippen molar-refractivity contribution in [2.45, 2.75) is 44.9 Å². The van der Waals surface area contributed by atoms with Crippen LogP contribution in [0.25, 0.3) is 0 Å². The van der Waals surface area contributed by atoms with Gasteiger partial charge in [-0.2, -0.15) is 0 Å². The molecule has 1 aromatic rings. The number of urea groups is 1. The van der Waals surface area contributed by atoms with Crippen molar-refractivity contribution in [3.05, 3.63) is 35.9 Å². The highest BCUT2D eigenvalue weighted by atomic mass is 16.5. The van der Waals surface area contributed by atoms with E-state index in [1.165, 1.54) is 0 Å². The summed E-state index contributed by atoms with van der Waals surface area (Å²) in [6, 6.07) is 9.51. The number of benzene rings is 1. The van der Waals surface area contributed by atoms with Crippen LogP contribution < -0.4 is 0 Å². The van der Waals surface area contributed by atoms with E-state index < -0.39 is 6.04 Å². The zero-order valence-corrected chi connectivity index (χ0v) is 15.9. The molecule has 3 amide bonds. The predicted octanol–water partition coefficient (Wildman–Crippen LogP) is 1.99. The molecule has 6 nitrogen and oxygen atoms in total. The Kier molecular flexibility index (Phi) is 5.81. The second-order valence-electron chi connectivity index (χ2n) is 7.05. The van der Waals surface area contributed by atoms with Gasteiger partial charge in [-0.3, -0.25) is 4.79 Å². The number of methoxy groups -OCH3 is 1. The average Bonchev–Trinajstić information content (AvgIpc) is 3.09. The molecule has 2 fully saturated rings. The molecule has 3 atom stereocenters. The second-order valence-corrected chi connectivity index (χ2v) is 7.05. The molecule has 2 saturated heterocycles. The van der Waals surface area contributed by atoms with Crippen molar-refractivity contribution in [1.82, 2.24) is 14.7 Å². The maximum absolute atomic E-state index is 13.2. The van der Waals surface area contributed by atoms with Gasteiger partial charge in [0.05, 0.1) is 12.1 Å². The number of carbonyl (C=O) groups excluding carboxylic acids is 2. The van der Waals surface area contributed by atoms with Gasteiger partial charge in [-0.15, -0.1) is 0 Å². The first-order valence-electron chi connectivity index (χ1n) is 9.51. The van der Waals surface area contributed by atoms with Crippen molar-refractivity contribution in [3.63, 3.8) is 0 Å². The van der Waals surface area contributed by atoms with E-state index in [9.17, 15) is 9.59 Å². The molecular weight excluding hydrogens is 330 g/mol. The number of hydrogen-bond donors (Lipinski definition) is 0. The fourth-order valence-electron chi connectivity index (χ4n) is 4.09. The van der Waals surface area contributed by atoms with E-state index >= 15 is 0 Å². The van der Waals surface area contributed by atoms with Crippen molar-refractivity contribution < 1.29 is 14.3 Å². The van der Waals surface area contributed by atoms with Gasteiger partial charge in [-0.1, -0.05) is 30.3 Å². The molecule has 0 aromatic heterocycles. The highest BCUT2D eigenvalue weighted by Gasteiger charge is 2.47. The number of hydrogen-bond acceptors (Lipinski definition) is 3. The predicted molar refractivity (Wildman–Crippen MR) is 99.9 cm³/mol. The Labute approximate surface area is 155 Å². The summed E-state index contributed by atoms with van der Waals surface area (Å²) in [5.41, 5.74) is 1.07. The van der Waals surface area contributed by atoms with Crippen LogP contribution in [0.15, 0.2) is 30.3 Å². The van der Waals surface area contributed by atoms with Gasteiger partial charge >= 0.3 is 6.03 Å². The summed E-state index contributed by atoms with van der Waals surface area (Å²) in [7, 11) is 1.69. The van der Waals surface area contributed by atoms with E-state index in [2.05, 4.69) is 0 Å². The van der Waals surface area contributed by atoms with Crippen LogP contribution in [-0.4, -0.2) is 78.1 Å². The molecular formula is C20H29N3O3. The van der Waals surface area contributed by atoms with Gasteiger partial charge in [0.2, 0.25) is 5.91 Å². The molecule has 0 aliphatic carbocycles. The van der Waals surface area contributed by atoms with E-state index in [1.807, 2.05) is 49.1 Å². The third-order valence-electron chi connectivity index (χ3n) is 5.61. The third kappa shape index (κ3) is 3.56. The Morgan fingerprint density at radius 3 is 2.50 bits per heavy atom. The second kappa shape index (κ2) is 8.08. The molecule has 2 heterocycles. The molecule has 2 aliphatic heterocycles. The van der Waals surface area contributed by atoms with Crippen LogP contribution in [0, 0.1) is 0 Å². The minimum Gasteiger partial charge on any atom is -0.380 e. The lowest BCUT2D eigenvalue weighted by Gasteiger charge is -2.44. The van der Waals surface area contributed by atoms with Crippen LogP contribution in [0.1, 0.15) is 25.8 Å². The van der Waals surface area contributed by atoms with E-state index in [0.29, 0.717) is 32.6 Å². The molecule has 0 bridgehead atoms. The number of carbonyl (C=O) groups is 2. The smallest absolute Gasteiger partial charge is 0.320 e. The lowest BCUT2D eigenvalue weighted by molar-refractivity contribution is -0.142. The SMILES string of the molecule is CCN(CC)C(=O)N1C[C@@H]2C[C@H](OC)CN2C(=O)[C@@H]1Cc1ccccc1. The molecule has 0 spiro atoms. The minimum atomic E-state index is -0.447. The van der Waals surface area contributed by atoms with E-state index in [1.54, 1.807) is 16.9 Å². The maximum Gasteiger partial charge on any atom is 0.320 e. The van der Waals surface area contributed by atoms with Crippen molar-refractivity contribution in [2.24, 2.45) is 0 Å². The Hall–Kier alpha value is -2.08. The molecule has 0 unspecified atom stereocenters. The molecule has 142 valence electrons. The quantitative estimate of drug-likeness (QED) is 0.808. The summed E-state index contributed by atoms with van der Waals surface area (Å²) in [4.78, 5) is 31.9. The van der Waals surface area contributed by atoms with Crippen LogP contribution in [-0.2, 0) is 16.0 Å². The lowest BCUT2D eigenvalue weighted by Crippen LogP contribution is -2.63. The van der Waals surface area contributed by atoms with E-state index in [4.69, 9.17) is 4.74 Å². The van der Waals surface area contributed by atoms with Crippen LogP contribution in [0.4, 0.5) is 4.79 Å². The van der Waals surface area contributed by atoms with Crippen molar-refractivity contribution in [1.29, 1.82) is 0 Å². The molecule has 6 heteroatoms. The third-order valence-corrected chi connectivity index (χ3v) is 5.61. The van der Waals surface area contributed by atoms with Crippen molar-refractivity contribution in [3.8, 4) is 0 Å². The van der Waals surface area contributed by atoms with Crippen LogP contribution in [0.3, 0.4) is 0 Å². The van der Waals surface area contributed by atoms with Gasteiger partial charge in [-0.05, 0) is 25.8 Å². The molecule has 1 aromatic carbocycles. The summed E-state index contributed by atoms with van der Waals surface area (Å²) in [6.07, 6.45) is 1.40. The molecule has 0 saturated carbocycles. The first kappa shape index (κ1) is 18.7. The summed E-state index contributed by atoms with van der Waals surface area (Å²) >= 11 is 0. The monoisotopic (exact) mass is 359 g/mol. The Bertz CT molecular complexity index is 632. The first-order valence-corrected chi connectivity index (χ1v) is 9.51. The highest BCUT2D eigenvalue weighted by molar-refractivity contribution is 5.89. The van der Waals surface area contributed by atoms with Crippen LogP contribution >= 0.6 is 0 Å². The minimum absolute atomic E-state index is 0.0372. The van der Waals surface area contributed by atoms with E-state index in [0.717, 1.165) is 12.0 Å². The number of ether oxygens (including phenoxy) is 1. The number of fused-ring (bicyclic) bond motifs is 1. The topological polar surface area (TPSA) is 53.1 Å². The van der Waals surface area contributed by atoms with Crippen molar-refractivity contribution >= 4 is 11.9 Å². The van der Waals surface area contributed by atoms with Crippen molar-refractivity contribution in [2.75, 3.05) is 33.3 Å². The van der Waals surface area contributed by atoms with Crippen LogP contribution in [0.5, 0.6) is 0 Å². The highest BCUT2D eigenvalue weighted by Crippen LogP contribution is 2.29. The maximum atomic E-state index is 13.2. The zero-order valence-electron chi connectivity index (χ0n) is 15.9. The fourth-order valence-corrected chi connectivity index (χ4v) is 4.09. The molecule has 0 N–H and O–H groups in total. The van der Waals surface area contributed by atoms with Gasteiger partial charge in [0.1, 0.15) is 6.04 Å². The van der Waals surface area contributed by atoms with E-state index in [-0.39, 0.29) is 24.1 Å². The largest absolute Gasteiger partial charge is 0.380 e. The standard InChI is InChI=1S/C20H29N3O3/c1-4-21(5-2)20(25)23-13-16-12-17(26-3)14-22(16)19(24)18(23)11-15-9-7-6-8-10-15/h6-10,16-18H,4-5,11-14H2,1-3H3/t16-,17-,18-/m0/s1. The molecule has 3 rings (SSSR count). The summed E-state index contributed by atoms with van der Waals surface area (Å²) < 4.78 is 5.48.